The molecule has 0 saturated carbocycles. The molecule has 0 radical (unpaired) electrons. The molecule has 0 bridgehead atoms. The fraction of sp³-hybridized carbons (Fsp3) is 0.778. The summed E-state index contributed by atoms with van der Waals surface area (Å²) in [6.07, 6.45) is 5.77. The molecule has 4 nitrogen and oxygen atoms in total. The minimum atomic E-state index is -3.41. The summed E-state index contributed by atoms with van der Waals surface area (Å²) in [5.74, 6) is 2.39. The fourth-order valence-corrected chi connectivity index (χ4v) is 2.48. The van der Waals surface area contributed by atoms with Crippen molar-refractivity contribution in [2.45, 2.75) is 33.2 Å². The number of hydrogen-bond acceptors (Lipinski definition) is 2. The van der Waals surface area contributed by atoms with Gasteiger partial charge in [-0.3, -0.25) is 0 Å². The lowest BCUT2D eigenvalue weighted by atomic mass is 10.3. The molecule has 0 rings (SSSR count). The van der Waals surface area contributed by atoms with Gasteiger partial charge in [0.2, 0.25) is 0 Å². The van der Waals surface area contributed by atoms with E-state index in [2.05, 4.69) is 10.6 Å². The summed E-state index contributed by atoms with van der Waals surface area (Å²) < 4.78 is 27.1. The van der Waals surface area contributed by atoms with Crippen molar-refractivity contribution in [1.82, 2.24) is 9.03 Å². The monoisotopic (exact) mass is 218 g/mol. The van der Waals surface area contributed by atoms with E-state index < -0.39 is 16.3 Å². The standard InChI is InChI=1S/C9H18N2O2S/c1-5-9(6-2)10-14(12,13)11(7-3)8-4/h1,9-10H,6-8H2,2-4H3. The number of hydrogen-bond donors (Lipinski definition) is 1. The Balaban J connectivity index is 4.56. The van der Waals surface area contributed by atoms with Crippen LogP contribution in [0, 0.1) is 12.3 Å². The van der Waals surface area contributed by atoms with Gasteiger partial charge in [-0.2, -0.15) is 17.4 Å². The SMILES string of the molecule is C#CC(CC)NS(=O)(=O)N(CC)CC. The van der Waals surface area contributed by atoms with Crippen LogP contribution in [-0.2, 0) is 10.2 Å². The molecule has 5 heteroatoms. The molecule has 1 N–H and O–H groups in total. The van der Waals surface area contributed by atoms with Crippen LogP contribution in [0.15, 0.2) is 0 Å². The van der Waals surface area contributed by atoms with Crippen molar-refractivity contribution in [3.05, 3.63) is 0 Å². The molecule has 0 aliphatic rings. The first-order chi connectivity index (χ1) is 6.51. The van der Waals surface area contributed by atoms with Crippen molar-refractivity contribution < 1.29 is 8.42 Å². The fourth-order valence-electron chi connectivity index (χ4n) is 1.05. The summed E-state index contributed by atoms with van der Waals surface area (Å²) in [4.78, 5) is 0. The second-order valence-electron chi connectivity index (χ2n) is 2.83. The van der Waals surface area contributed by atoms with E-state index in [1.54, 1.807) is 13.8 Å². The van der Waals surface area contributed by atoms with Crippen LogP contribution in [0.1, 0.15) is 27.2 Å². The van der Waals surface area contributed by atoms with Gasteiger partial charge in [-0.15, -0.1) is 6.42 Å². The lowest BCUT2D eigenvalue weighted by Crippen LogP contribution is -2.44. The van der Waals surface area contributed by atoms with E-state index in [0.29, 0.717) is 19.5 Å². The van der Waals surface area contributed by atoms with Gasteiger partial charge in [0.05, 0.1) is 6.04 Å². The van der Waals surface area contributed by atoms with E-state index in [1.807, 2.05) is 6.92 Å². The Hall–Kier alpha value is -0.570. The summed E-state index contributed by atoms with van der Waals surface area (Å²) in [5.41, 5.74) is 0. The molecule has 0 aromatic heterocycles. The lowest BCUT2D eigenvalue weighted by Gasteiger charge is -2.20. The zero-order valence-corrected chi connectivity index (χ0v) is 9.76. The van der Waals surface area contributed by atoms with E-state index in [0.717, 1.165) is 0 Å². The minimum absolute atomic E-state index is 0.416. The van der Waals surface area contributed by atoms with Gasteiger partial charge in [0.15, 0.2) is 0 Å². The van der Waals surface area contributed by atoms with E-state index in [1.165, 1.54) is 4.31 Å². The van der Waals surface area contributed by atoms with Gasteiger partial charge in [-0.1, -0.05) is 26.7 Å². The zero-order valence-electron chi connectivity index (χ0n) is 8.95. The van der Waals surface area contributed by atoms with Gasteiger partial charge in [-0.05, 0) is 6.42 Å². The van der Waals surface area contributed by atoms with Crippen LogP contribution in [0.2, 0.25) is 0 Å². The number of rotatable bonds is 6. The average Bonchev–Trinajstić information content (AvgIpc) is 2.15. The van der Waals surface area contributed by atoms with Crippen LogP contribution in [0.25, 0.3) is 0 Å². The van der Waals surface area contributed by atoms with E-state index >= 15 is 0 Å². The van der Waals surface area contributed by atoms with Crippen molar-refractivity contribution >= 4 is 10.2 Å². The Morgan fingerprint density at radius 2 is 1.86 bits per heavy atom. The van der Waals surface area contributed by atoms with E-state index in [-0.39, 0.29) is 0 Å². The van der Waals surface area contributed by atoms with Crippen LogP contribution in [0.3, 0.4) is 0 Å². The number of terminal acetylenes is 1. The molecule has 0 fully saturated rings. The van der Waals surface area contributed by atoms with Crippen LogP contribution < -0.4 is 4.72 Å². The summed E-state index contributed by atoms with van der Waals surface area (Å²) in [7, 11) is -3.41. The molecule has 0 aromatic carbocycles. The van der Waals surface area contributed by atoms with Gasteiger partial charge < -0.3 is 0 Å². The smallest absolute Gasteiger partial charge is 0.195 e. The third kappa shape index (κ3) is 3.66. The second kappa shape index (κ2) is 6.02. The van der Waals surface area contributed by atoms with Gasteiger partial charge in [0, 0.05) is 13.1 Å². The molecule has 1 unspecified atom stereocenters. The maximum Gasteiger partial charge on any atom is 0.280 e. The molecule has 0 heterocycles. The Morgan fingerprint density at radius 1 is 1.36 bits per heavy atom. The first kappa shape index (κ1) is 13.4. The van der Waals surface area contributed by atoms with Crippen LogP contribution >= 0.6 is 0 Å². The Bertz CT molecular complexity index is 288. The maximum absolute atomic E-state index is 11.6. The molecular formula is C9H18N2O2S. The van der Waals surface area contributed by atoms with Crippen molar-refractivity contribution in [2.75, 3.05) is 13.1 Å². The number of nitrogens with zero attached hydrogens (tertiary/aromatic N) is 1. The highest BCUT2D eigenvalue weighted by molar-refractivity contribution is 7.87. The maximum atomic E-state index is 11.6. The van der Waals surface area contributed by atoms with Gasteiger partial charge in [0.25, 0.3) is 10.2 Å². The topological polar surface area (TPSA) is 49.4 Å². The molecule has 82 valence electrons. The molecule has 0 aliphatic heterocycles. The molecule has 1 atom stereocenters. The van der Waals surface area contributed by atoms with Gasteiger partial charge >= 0.3 is 0 Å². The molecule has 0 aliphatic carbocycles. The van der Waals surface area contributed by atoms with Crippen molar-refractivity contribution in [1.29, 1.82) is 0 Å². The van der Waals surface area contributed by atoms with Crippen LogP contribution in [0.5, 0.6) is 0 Å². The van der Waals surface area contributed by atoms with Crippen molar-refractivity contribution in [3.63, 3.8) is 0 Å². The second-order valence-corrected chi connectivity index (χ2v) is 4.54. The first-order valence-corrected chi connectivity index (χ1v) is 6.19. The number of nitrogens with one attached hydrogen (secondary N) is 1. The predicted molar refractivity (Wildman–Crippen MR) is 57.9 cm³/mol. The normalized spacial score (nSPS) is 13.9. The van der Waals surface area contributed by atoms with Gasteiger partial charge in [0.1, 0.15) is 0 Å². The van der Waals surface area contributed by atoms with Crippen LogP contribution in [0.4, 0.5) is 0 Å². The third-order valence-electron chi connectivity index (χ3n) is 1.95. The summed E-state index contributed by atoms with van der Waals surface area (Å²) >= 11 is 0. The van der Waals surface area contributed by atoms with Gasteiger partial charge in [-0.25, -0.2) is 0 Å². The van der Waals surface area contributed by atoms with Crippen LogP contribution in [-0.4, -0.2) is 31.9 Å². The zero-order chi connectivity index (χ0) is 11.2. The summed E-state index contributed by atoms with van der Waals surface area (Å²) in [6.45, 7) is 6.33. The Kier molecular flexibility index (Phi) is 5.77. The highest BCUT2D eigenvalue weighted by Crippen LogP contribution is 2.00. The largest absolute Gasteiger partial charge is 0.280 e. The van der Waals surface area contributed by atoms with E-state index in [4.69, 9.17) is 6.42 Å². The Labute approximate surface area is 86.9 Å². The average molecular weight is 218 g/mol. The highest BCUT2D eigenvalue weighted by Gasteiger charge is 2.20. The molecule has 0 amide bonds. The molecular weight excluding hydrogens is 200 g/mol. The highest BCUT2D eigenvalue weighted by atomic mass is 32.2. The third-order valence-corrected chi connectivity index (χ3v) is 3.72. The molecule has 0 spiro atoms. The summed E-state index contributed by atoms with van der Waals surface area (Å²) in [6, 6.07) is -0.416. The van der Waals surface area contributed by atoms with Crippen molar-refractivity contribution in [2.24, 2.45) is 0 Å². The quantitative estimate of drug-likeness (QED) is 0.663. The Morgan fingerprint density at radius 3 is 2.14 bits per heavy atom. The van der Waals surface area contributed by atoms with Crippen molar-refractivity contribution in [3.8, 4) is 12.3 Å². The molecule has 0 aromatic rings. The van der Waals surface area contributed by atoms with E-state index in [9.17, 15) is 8.42 Å². The lowest BCUT2D eigenvalue weighted by molar-refractivity contribution is 0.430. The minimum Gasteiger partial charge on any atom is -0.195 e. The predicted octanol–water partition coefficient (Wildman–Crippen LogP) is 0.574. The first-order valence-electron chi connectivity index (χ1n) is 4.75. The molecule has 14 heavy (non-hydrogen) atoms. The summed E-state index contributed by atoms with van der Waals surface area (Å²) in [5, 5.41) is 0. The molecule has 0 saturated heterocycles.